The number of aryl methyl sites for hydroxylation is 1. The quantitative estimate of drug-likeness (QED) is 0.735. The first-order valence-corrected chi connectivity index (χ1v) is 8.60. The second kappa shape index (κ2) is 8.93. The number of aromatic nitrogens is 1. The normalized spacial score (nSPS) is 10.2. The zero-order chi connectivity index (χ0) is 18.2. The lowest BCUT2D eigenvalue weighted by molar-refractivity contribution is -0.142. The Balaban J connectivity index is 1.81. The lowest BCUT2D eigenvalue weighted by Crippen LogP contribution is -2.32. The molecule has 2 amide bonds. The van der Waals surface area contributed by atoms with Gasteiger partial charge in [-0.25, -0.2) is 4.98 Å². The third-order valence-corrected chi connectivity index (χ3v) is 3.93. The summed E-state index contributed by atoms with van der Waals surface area (Å²) in [6.07, 6.45) is 0.0598. The van der Waals surface area contributed by atoms with Gasteiger partial charge in [-0.15, -0.1) is 11.3 Å². The Bertz CT molecular complexity index is 773. The fourth-order valence-corrected chi connectivity index (χ4v) is 2.74. The Morgan fingerprint density at radius 2 is 2.08 bits per heavy atom. The molecular weight excluding hydrogens is 342 g/mol. The van der Waals surface area contributed by atoms with Crippen LogP contribution in [0.25, 0.3) is 0 Å². The van der Waals surface area contributed by atoms with Crippen molar-refractivity contribution in [3.8, 4) is 0 Å². The van der Waals surface area contributed by atoms with Crippen LogP contribution in [-0.2, 0) is 20.7 Å². The lowest BCUT2D eigenvalue weighted by atomic mass is 10.1. The zero-order valence-electron chi connectivity index (χ0n) is 14.0. The highest BCUT2D eigenvalue weighted by Gasteiger charge is 2.12. The molecule has 8 heteroatoms. The van der Waals surface area contributed by atoms with Gasteiger partial charge in [0, 0.05) is 10.9 Å². The first-order chi connectivity index (χ1) is 12.0. The Morgan fingerprint density at radius 1 is 1.28 bits per heavy atom. The standard InChI is InChI=1S/C17H19N3O4S/c1-3-24-15(22)8-13-10-25-17(19-13)20-14(21)9-18-16(23)12-6-4-5-11(2)7-12/h4-7,10H,3,8-9H2,1-2H3,(H,18,23)(H,19,20,21). The highest BCUT2D eigenvalue weighted by Crippen LogP contribution is 2.16. The van der Waals surface area contributed by atoms with Crippen LogP contribution < -0.4 is 10.6 Å². The highest BCUT2D eigenvalue weighted by atomic mass is 32.1. The van der Waals surface area contributed by atoms with Crippen molar-refractivity contribution in [2.45, 2.75) is 20.3 Å². The van der Waals surface area contributed by atoms with E-state index in [1.54, 1.807) is 30.5 Å². The molecular formula is C17H19N3O4S. The van der Waals surface area contributed by atoms with Crippen LogP contribution in [-0.4, -0.2) is 35.9 Å². The highest BCUT2D eigenvalue weighted by molar-refractivity contribution is 7.13. The van der Waals surface area contributed by atoms with Crippen LogP contribution in [0, 0.1) is 6.92 Å². The van der Waals surface area contributed by atoms with Gasteiger partial charge in [-0.1, -0.05) is 17.7 Å². The number of carbonyl (C=O) groups excluding carboxylic acids is 3. The number of hydrogen-bond acceptors (Lipinski definition) is 6. The zero-order valence-corrected chi connectivity index (χ0v) is 14.8. The van der Waals surface area contributed by atoms with Gasteiger partial charge in [-0.3, -0.25) is 14.4 Å². The molecule has 0 fully saturated rings. The van der Waals surface area contributed by atoms with E-state index in [2.05, 4.69) is 15.6 Å². The summed E-state index contributed by atoms with van der Waals surface area (Å²) in [5, 5.41) is 7.19. The van der Waals surface area contributed by atoms with Gasteiger partial charge in [0.25, 0.3) is 5.91 Å². The van der Waals surface area contributed by atoms with Crippen LogP contribution >= 0.6 is 11.3 Å². The second-order valence-electron chi connectivity index (χ2n) is 5.23. The molecule has 0 atom stereocenters. The van der Waals surface area contributed by atoms with Gasteiger partial charge in [0.1, 0.15) is 0 Å². The summed E-state index contributed by atoms with van der Waals surface area (Å²) < 4.78 is 4.84. The van der Waals surface area contributed by atoms with Crippen molar-refractivity contribution >= 4 is 34.3 Å². The van der Waals surface area contributed by atoms with Crippen LogP contribution in [0.5, 0.6) is 0 Å². The molecule has 132 valence electrons. The first kappa shape index (κ1) is 18.6. The number of benzene rings is 1. The van der Waals surface area contributed by atoms with Crippen molar-refractivity contribution in [2.75, 3.05) is 18.5 Å². The molecule has 2 N–H and O–H groups in total. The number of nitrogens with zero attached hydrogens (tertiary/aromatic N) is 1. The molecule has 2 rings (SSSR count). The number of anilines is 1. The lowest BCUT2D eigenvalue weighted by Gasteiger charge is -2.05. The molecule has 0 aliphatic rings. The van der Waals surface area contributed by atoms with E-state index in [1.807, 2.05) is 13.0 Å². The Morgan fingerprint density at radius 3 is 2.80 bits per heavy atom. The number of esters is 1. The van der Waals surface area contributed by atoms with Crippen molar-refractivity contribution in [1.82, 2.24) is 10.3 Å². The predicted octanol–water partition coefficient (Wildman–Crippen LogP) is 1.93. The Kier molecular flexibility index (Phi) is 6.64. The number of hydrogen-bond donors (Lipinski definition) is 2. The predicted molar refractivity (Wildman–Crippen MR) is 94.6 cm³/mol. The maximum absolute atomic E-state index is 12.0. The summed E-state index contributed by atoms with van der Waals surface area (Å²) in [5.74, 6) is -1.07. The SMILES string of the molecule is CCOC(=O)Cc1csc(NC(=O)CNC(=O)c2cccc(C)c2)n1. The Hall–Kier alpha value is -2.74. The van der Waals surface area contributed by atoms with E-state index < -0.39 is 5.91 Å². The van der Waals surface area contributed by atoms with Gasteiger partial charge in [-0.05, 0) is 26.0 Å². The van der Waals surface area contributed by atoms with Gasteiger partial charge in [0.2, 0.25) is 5.91 Å². The number of carbonyl (C=O) groups is 3. The molecule has 2 aromatic rings. The molecule has 1 aromatic heterocycles. The molecule has 0 radical (unpaired) electrons. The van der Waals surface area contributed by atoms with Crippen molar-refractivity contribution in [1.29, 1.82) is 0 Å². The molecule has 1 heterocycles. The van der Waals surface area contributed by atoms with Crippen molar-refractivity contribution in [2.24, 2.45) is 0 Å². The third-order valence-electron chi connectivity index (χ3n) is 3.12. The average Bonchev–Trinajstić information content (AvgIpc) is 2.99. The largest absolute Gasteiger partial charge is 0.466 e. The molecule has 0 unspecified atom stereocenters. The minimum Gasteiger partial charge on any atom is -0.466 e. The van der Waals surface area contributed by atoms with Gasteiger partial charge >= 0.3 is 5.97 Å². The molecule has 0 aliphatic heterocycles. The molecule has 25 heavy (non-hydrogen) atoms. The summed E-state index contributed by atoms with van der Waals surface area (Å²) in [4.78, 5) is 39.4. The number of amides is 2. The van der Waals surface area contributed by atoms with E-state index >= 15 is 0 Å². The fourth-order valence-electron chi connectivity index (χ4n) is 2.02. The summed E-state index contributed by atoms with van der Waals surface area (Å²) in [7, 11) is 0. The van der Waals surface area contributed by atoms with E-state index in [0.717, 1.165) is 5.56 Å². The van der Waals surface area contributed by atoms with E-state index in [1.165, 1.54) is 11.3 Å². The minimum atomic E-state index is -0.391. The van der Waals surface area contributed by atoms with E-state index in [0.29, 0.717) is 23.0 Å². The van der Waals surface area contributed by atoms with E-state index in [9.17, 15) is 14.4 Å². The summed E-state index contributed by atoms with van der Waals surface area (Å²) in [5.41, 5.74) is 2.00. The van der Waals surface area contributed by atoms with Crippen molar-refractivity contribution < 1.29 is 19.1 Å². The molecule has 0 saturated carbocycles. The number of thiazole rings is 1. The van der Waals surface area contributed by atoms with E-state index in [-0.39, 0.29) is 24.8 Å². The van der Waals surface area contributed by atoms with Gasteiger partial charge < -0.3 is 15.4 Å². The molecule has 0 saturated heterocycles. The van der Waals surface area contributed by atoms with Gasteiger partial charge in [0.15, 0.2) is 5.13 Å². The molecule has 1 aromatic carbocycles. The summed E-state index contributed by atoms with van der Waals surface area (Å²) in [6, 6.07) is 7.10. The Labute approximate surface area is 149 Å². The van der Waals surface area contributed by atoms with Crippen LogP contribution in [0.2, 0.25) is 0 Å². The maximum Gasteiger partial charge on any atom is 0.311 e. The first-order valence-electron chi connectivity index (χ1n) is 7.72. The number of nitrogens with one attached hydrogen (secondary N) is 2. The van der Waals surface area contributed by atoms with Gasteiger partial charge in [0.05, 0.1) is 25.3 Å². The van der Waals surface area contributed by atoms with Gasteiger partial charge in [-0.2, -0.15) is 0 Å². The average molecular weight is 361 g/mol. The fraction of sp³-hybridized carbons (Fsp3) is 0.294. The van der Waals surface area contributed by atoms with E-state index in [4.69, 9.17) is 4.74 Å². The van der Waals surface area contributed by atoms with Crippen LogP contribution in [0.15, 0.2) is 29.6 Å². The molecule has 0 aliphatic carbocycles. The molecule has 0 spiro atoms. The summed E-state index contributed by atoms with van der Waals surface area (Å²) in [6.45, 7) is 3.77. The summed E-state index contributed by atoms with van der Waals surface area (Å²) >= 11 is 1.21. The minimum absolute atomic E-state index is 0.0598. The van der Waals surface area contributed by atoms with Crippen LogP contribution in [0.1, 0.15) is 28.5 Å². The van der Waals surface area contributed by atoms with Crippen LogP contribution in [0.4, 0.5) is 5.13 Å². The third kappa shape index (κ3) is 6.00. The van der Waals surface area contributed by atoms with Crippen molar-refractivity contribution in [3.05, 3.63) is 46.5 Å². The molecule has 7 nitrogen and oxygen atoms in total. The maximum atomic E-state index is 12.0. The second-order valence-corrected chi connectivity index (χ2v) is 6.08. The smallest absolute Gasteiger partial charge is 0.311 e. The van der Waals surface area contributed by atoms with Crippen molar-refractivity contribution in [3.63, 3.8) is 0 Å². The number of ether oxygens (including phenoxy) is 1. The number of rotatable bonds is 7. The topological polar surface area (TPSA) is 97.4 Å². The monoisotopic (exact) mass is 361 g/mol. The van der Waals surface area contributed by atoms with Crippen LogP contribution in [0.3, 0.4) is 0 Å². The molecule has 0 bridgehead atoms.